The van der Waals surface area contributed by atoms with Crippen molar-refractivity contribution in [3.63, 3.8) is 0 Å². The largest absolute Gasteiger partial charge is 0.455 e. The van der Waals surface area contributed by atoms with Crippen molar-refractivity contribution in [3.8, 4) is 11.5 Å². The number of aryl methyl sites for hydroxylation is 1. The van der Waals surface area contributed by atoms with Crippen LogP contribution >= 0.6 is 11.6 Å². The first-order valence-corrected chi connectivity index (χ1v) is 6.41. The lowest BCUT2D eigenvalue weighted by Crippen LogP contribution is -2.13. The number of halogens is 1. The quantitative estimate of drug-likeness (QED) is 0.850. The van der Waals surface area contributed by atoms with Crippen LogP contribution in [0, 0.1) is 13.8 Å². The summed E-state index contributed by atoms with van der Waals surface area (Å²) in [5, 5.41) is 0.250. The summed E-state index contributed by atoms with van der Waals surface area (Å²) >= 11 is 6.11. The molecule has 2 rings (SSSR count). The number of primary amides is 1. The monoisotopic (exact) mass is 290 g/mol. The molecule has 0 aromatic heterocycles. The van der Waals surface area contributed by atoms with Crippen molar-refractivity contribution >= 4 is 23.2 Å². The minimum Gasteiger partial charge on any atom is -0.455 e. The predicted octanol–water partition coefficient (Wildman–Crippen LogP) is 3.43. The van der Waals surface area contributed by atoms with Gasteiger partial charge in [0.2, 0.25) is 0 Å². The first-order valence-electron chi connectivity index (χ1n) is 6.03. The van der Waals surface area contributed by atoms with E-state index in [0.717, 1.165) is 11.1 Å². The highest BCUT2D eigenvalue weighted by molar-refractivity contribution is 6.33. The zero-order valence-electron chi connectivity index (χ0n) is 11.2. The Hall–Kier alpha value is -2.20. The molecule has 4 nitrogen and oxygen atoms in total. The van der Waals surface area contributed by atoms with Crippen LogP contribution in [0.5, 0.6) is 11.5 Å². The number of nitrogen functional groups attached to an aromatic ring is 1. The predicted molar refractivity (Wildman–Crippen MR) is 80.4 cm³/mol. The molecule has 104 valence electrons. The molecule has 0 radical (unpaired) electrons. The van der Waals surface area contributed by atoms with Crippen molar-refractivity contribution in [1.82, 2.24) is 0 Å². The fourth-order valence-electron chi connectivity index (χ4n) is 1.85. The van der Waals surface area contributed by atoms with Gasteiger partial charge in [-0.1, -0.05) is 23.7 Å². The molecular formula is C15H15ClN2O2. The van der Waals surface area contributed by atoms with Crippen LogP contribution in [0.4, 0.5) is 5.69 Å². The maximum atomic E-state index is 11.5. The van der Waals surface area contributed by atoms with E-state index >= 15 is 0 Å². The number of benzene rings is 2. The molecule has 4 N–H and O–H groups in total. The summed E-state index contributed by atoms with van der Waals surface area (Å²) in [6, 6.07) is 8.62. The lowest BCUT2D eigenvalue weighted by Gasteiger charge is -2.14. The molecule has 0 heterocycles. The third kappa shape index (κ3) is 2.70. The van der Waals surface area contributed by atoms with Crippen LogP contribution in [0.15, 0.2) is 30.3 Å². The Bertz CT molecular complexity index is 684. The first-order chi connectivity index (χ1) is 9.40. The van der Waals surface area contributed by atoms with Crippen LogP contribution in [0.1, 0.15) is 21.5 Å². The van der Waals surface area contributed by atoms with Crippen molar-refractivity contribution in [2.75, 3.05) is 5.73 Å². The lowest BCUT2D eigenvalue weighted by atomic mass is 10.1. The van der Waals surface area contributed by atoms with E-state index in [1.807, 2.05) is 26.0 Å². The second-order valence-electron chi connectivity index (χ2n) is 4.54. The molecule has 0 spiro atoms. The number of rotatable bonds is 3. The molecule has 0 saturated heterocycles. The van der Waals surface area contributed by atoms with E-state index in [4.69, 9.17) is 27.8 Å². The highest BCUT2D eigenvalue weighted by atomic mass is 35.5. The maximum Gasteiger partial charge on any atom is 0.252 e. The standard InChI is InChI=1S/C15H15ClN2O2/c1-8-4-3-5-13(9(8)2)20-14-11(15(18)19)6-10(17)7-12(14)16/h3-7H,17H2,1-2H3,(H2,18,19). The summed E-state index contributed by atoms with van der Waals surface area (Å²) in [6.07, 6.45) is 0. The summed E-state index contributed by atoms with van der Waals surface area (Å²) in [5.41, 5.74) is 13.6. The van der Waals surface area contributed by atoms with E-state index in [1.165, 1.54) is 12.1 Å². The van der Waals surface area contributed by atoms with Gasteiger partial charge in [0.1, 0.15) is 5.75 Å². The SMILES string of the molecule is Cc1cccc(Oc2c(Cl)cc(N)cc2C(N)=O)c1C. The average molecular weight is 291 g/mol. The highest BCUT2D eigenvalue weighted by Crippen LogP contribution is 2.36. The Morgan fingerprint density at radius 3 is 2.60 bits per heavy atom. The molecule has 1 amide bonds. The Balaban J connectivity index is 2.53. The van der Waals surface area contributed by atoms with Gasteiger partial charge in [-0.05, 0) is 43.2 Å². The zero-order chi connectivity index (χ0) is 14.9. The van der Waals surface area contributed by atoms with Crippen LogP contribution in [0.2, 0.25) is 5.02 Å². The van der Waals surface area contributed by atoms with E-state index in [1.54, 1.807) is 6.07 Å². The van der Waals surface area contributed by atoms with Crippen molar-refractivity contribution in [3.05, 3.63) is 52.0 Å². The summed E-state index contributed by atoms with van der Waals surface area (Å²) in [5.74, 6) is 0.209. The van der Waals surface area contributed by atoms with Crippen LogP contribution in [0.25, 0.3) is 0 Å². The topological polar surface area (TPSA) is 78.3 Å². The molecule has 0 unspecified atom stereocenters. The Labute approximate surface area is 122 Å². The van der Waals surface area contributed by atoms with Crippen molar-refractivity contribution < 1.29 is 9.53 Å². The van der Waals surface area contributed by atoms with Crippen molar-refractivity contribution in [1.29, 1.82) is 0 Å². The van der Waals surface area contributed by atoms with Crippen molar-refractivity contribution in [2.45, 2.75) is 13.8 Å². The van der Waals surface area contributed by atoms with Gasteiger partial charge in [-0.15, -0.1) is 0 Å². The molecule has 0 fully saturated rings. The van der Waals surface area contributed by atoms with Gasteiger partial charge in [0.15, 0.2) is 5.75 Å². The number of ether oxygens (including phenoxy) is 1. The Morgan fingerprint density at radius 1 is 1.25 bits per heavy atom. The minimum absolute atomic E-state index is 0.163. The summed E-state index contributed by atoms with van der Waals surface area (Å²) < 4.78 is 5.78. The van der Waals surface area contributed by atoms with E-state index in [-0.39, 0.29) is 16.3 Å². The van der Waals surface area contributed by atoms with Gasteiger partial charge in [-0.3, -0.25) is 4.79 Å². The van der Waals surface area contributed by atoms with E-state index in [9.17, 15) is 4.79 Å². The van der Waals surface area contributed by atoms with Gasteiger partial charge >= 0.3 is 0 Å². The van der Waals surface area contributed by atoms with Gasteiger partial charge < -0.3 is 16.2 Å². The van der Waals surface area contributed by atoms with Crippen LogP contribution in [0.3, 0.4) is 0 Å². The molecule has 2 aromatic rings. The number of hydrogen-bond donors (Lipinski definition) is 2. The molecule has 20 heavy (non-hydrogen) atoms. The fourth-order valence-corrected chi connectivity index (χ4v) is 2.11. The molecule has 0 atom stereocenters. The van der Waals surface area contributed by atoms with Crippen LogP contribution < -0.4 is 16.2 Å². The maximum absolute atomic E-state index is 11.5. The number of nitrogens with two attached hydrogens (primary N) is 2. The fraction of sp³-hybridized carbons (Fsp3) is 0.133. The number of anilines is 1. The molecule has 5 heteroatoms. The second-order valence-corrected chi connectivity index (χ2v) is 4.95. The van der Waals surface area contributed by atoms with Gasteiger partial charge in [-0.25, -0.2) is 0 Å². The van der Waals surface area contributed by atoms with Crippen molar-refractivity contribution in [2.24, 2.45) is 5.73 Å². The second kappa shape index (κ2) is 5.43. The normalized spacial score (nSPS) is 10.3. The highest BCUT2D eigenvalue weighted by Gasteiger charge is 2.16. The van der Waals surface area contributed by atoms with Gasteiger partial charge in [0.25, 0.3) is 5.91 Å². The van der Waals surface area contributed by atoms with Crippen LogP contribution in [-0.4, -0.2) is 5.91 Å². The third-order valence-electron chi connectivity index (χ3n) is 3.10. The third-order valence-corrected chi connectivity index (χ3v) is 3.38. The van der Waals surface area contributed by atoms with E-state index < -0.39 is 5.91 Å². The molecule has 0 saturated carbocycles. The smallest absolute Gasteiger partial charge is 0.252 e. The van der Waals surface area contributed by atoms with Gasteiger partial charge in [0, 0.05) is 5.69 Å². The molecule has 0 aliphatic rings. The molecule has 0 bridgehead atoms. The van der Waals surface area contributed by atoms with E-state index in [0.29, 0.717) is 11.4 Å². The average Bonchev–Trinajstić information content (AvgIpc) is 2.37. The molecule has 0 aliphatic carbocycles. The number of hydrogen-bond acceptors (Lipinski definition) is 3. The van der Waals surface area contributed by atoms with Gasteiger partial charge in [-0.2, -0.15) is 0 Å². The minimum atomic E-state index is -0.639. The molecule has 0 aliphatic heterocycles. The summed E-state index contributed by atoms with van der Waals surface area (Å²) in [6.45, 7) is 3.90. The number of carbonyl (C=O) groups is 1. The zero-order valence-corrected chi connectivity index (χ0v) is 12.0. The van der Waals surface area contributed by atoms with E-state index in [2.05, 4.69) is 0 Å². The lowest BCUT2D eigenvalue weighted by molar-refractivity contribution is 0.0998. The summed E-state index contributed by atoms with van der Waals surface area (Å²) in [7, 11) is 0. The number of amides is 1. The first kappa shape index (κ1) is 14.2. The Kier molecular flexibility index (Phi) is 3.86. The molecule has 2 aromatic carbocycles. The van der Waals surface area contributed by atoms with Gasteiger partial charge in [0.05, 0.1) is 10.6 Å². The molecular weight excluding hydrogens is 276 g/mol. The summed E-state index contributed by atoms with van der Waals surface area (Å²) in [4.78, 5) is 11.5. The Morgan fingerprint density at radius 2 is 1.95 bits per heavy atom. The van der Waals surface area contributed by atoms with Crippen LogP contribution in [-0.2, 0) is 0 Å². The number of carbonyl (C=O) groups excluding carboxylic acids is 1.